The van der Waals surface area contributed by atoms with E-state index in [2.05, 4.69) is 20.9 Å². The van der Waals surface area contributed by atoms with Crippen LogP contribution in [0.15, 0.2) is 33.7 Å². The minimum atomic E-state index is -0.553. The van der Waals surface area contributed by atoms with E-state index in [1.54, 1.807) is 0 Å². The van der Waals surface area contributed by atoms with Crippen LogP contribution in [0.25, 0.3) is 0 Å². The predicted molar refractivity (Wildman–Crippen MR) is 76.5 cm³/mol. The van der Waals surface area contributed by atoms with Gasteiger partial charge in [0.25, 0.3) is 0 Å². The van der Waals surface area contributed by atoms with Crippen molar-refractivity contribution >= 4 is 21.8 Å². The van der Waals surface area contributed by atoms with Crippen LogP contribution in [-0.4, -0.2) is 25.3 Å². The van der Waals surface area contributed by atoms with Gasteiger partial charge in [0.1, 0.15) is 0 Å². The molecule has 18 heavy (non-hydrogen) atoms. The topological polar surface area (TPSA) is 56.8 Å². The smallest absolute Gasteiger partial charge is 0.216 e. The first-order valence-corrected chi connectivity index (χ1v) is 6.74. The second-order valence-corrected chi connectivity index (χ2v) is 4.43. The Hall–Kier alpha value is -0.910. The average Bonchev–Trinajstić information content (AvgIpc) is 2.37. The number of halogens is 1. The number of amidine groups is 1. The molecule has 5 heteroatoms. The Balaban J connectivity index is 2.67. The number of ether oxygens (including phenoxy) is 2. The fraction of sp³-hybridized carbons (Fsp3) is 0.462. The summed E-state index contributed by atoms with van der Waals surface area (Å²) in [7, 11) is 0. The first-order valence-electron chi connectivity index (χ1n) is 5.95. The molecule has 0 atom stereocenters. The van der Waals surface area contributed by atoms with Crippen LogP contribution in [0.1, 0.15) is 19.4 Å². The van der Waals surface area contributed by atoms with Gasteiger partial charge in [-0.1, -0.05) is 34.1 Å². The Morgan fingerprint density at radius 2 is 1.89 bits per heavy atom. The largest absolute Gasteiger partial charge is 0.383 e. The Bertz CT molecular complexity index is 390. The Morgan fingerprint density at radius 1 is 1.28 bits per heavy atom. The van der Waals surface area contributed by atoms with Crippen molar-refractivity contribution in [2.45, 2.75) is 26.7 Å². The summed E-state index contributed by atoms with van der Waals surface area (Å²) in [6, 6.07) is 7.90. The summed E-state index contributed by atoms with van der Waals surface area (Å²) in [4.78, 5) is 4.31. The highest BCUT2D eigenvalue weighted by Gasteiger charge is 2.12. The molecule has 1 aromatic carbocycles. The fourth-order valence-corrected chi connectivity index (χ4v) is 1.81. The SMILES string of the molecule is CCOC(OCC)C(N)=NCc1ccccc1Br. The highest BCUT2D eigenvalue weighted by atomic mass is 79.9. The van der Waals surface area contributed by atoms with Crippen molar-refractivity contribution in [3.8, 4) is 0 Å². The summed E-state index contributed by atoms with van der Waals surface area (Å²) >= 11 is 3.47. The van der Waals surface area contributed by atoms with Gasteiger partial charge in [0.2, 0.25) is 6.29 Å². The summed E-state index contributed by atoms with van der Waals surface area (Å²) in [5, 5.41) is 0. The first-order chi connectivity index (χ1) is 8.69. The van der Waals surface area contributed by atoms with Gasteiger partial charge >= 0.3 is 0 Å². The first kappa shape index (κ1) is 15.1. The Labute approximate surface area is 116 Å². The molecule has 0 heterocycles. The van der Waals surface area contributed by atoms with Crippen molar-refractivity contribution < 1.29 is 9.47 Å². The fourth-order valence-electron chi connectivity index (χ4n) is 1.40. The lowest BCUT2D eigenvalue weighted by Gasteiger charge is -2.16. The van der Waals surface area contributed by atoms with Gasteiger partial charge in [-0.15, -0.1) is 0 Å². The third-order valence-electron chi connectivity index (χ3n) is 2.27. The zero-order chi connectivity index (χ0) is 13.4. The highest BCUT2D eigenvalue weighted by molar-refractivity contribution is 9.10. The van der Waals surface area contributed by atoms with Crippen molar-refractivity contribution in [1.29, 1.82) is 0 Å². The molecule has 4 nitrogen and oxygen atoms in total. The quantitative estimate of drug-likeness (QED) is 0.478. The highest BCUT2D eigenvalue weighted by Crippen LogP contribution is 2.16. The molecule has 2 N–H and O–H groups in total. The lowest BCUT2D eigenvalue weighted by Crippen LogP contribution is -2.34. The Kier molecular flexibility index (Phi) is 6.93. The molecule has 0 saturated carbocycles. The molecule has 100 valence electrons. The Morgan fingerprint density at radius 3 is 2.44 bits per heavy atom. The summed E-state index contributed by atoms with van der Waals surface area (Å²) < 4.78 is 11.8. The third kappa shape index (κ3) is 4.76. The monoisotopic (exact) mass is 314 g/mol. The summed E-state index contributed by atoms with van der Waals surface area (Å²) in [5.74, 6) is 0.370. The number of benzene rings is 1. The van der Waals surface area contributed by atoms with Crippen molar-refractivity contribution in [2.24, 2.45) is 10.7 Å². The predicted octanol–water partition coefficient (Wildman–Crippen LogP) is 2.71. The van der Waals surface area contributed by atoms with Crippen LogP contribution in [0, 0.1) is 0 Å². The summed E-state index contributed by atoms with van der Waals surface area (Å²) in [5.41, 5.74) is 6.95. The summed E-state index contributed by atoms with van der Waals surface area (Å²) in [6.45, 7) is 5.37. The molecule has 0 aliphatic carbocycles. The van der Waals surface area contributed by atoms with Crippen LogP contribution in [0.3, 0.4) is 0 Å². The van der Waals surface area contributed by atoms with Gasteiger partial charge in [-0.2, -0.15) is 0 Å². The van der Waals surface area contributed by atoms with Crippen LogP contribution >= 0.6 is 15.9 Å². The van der Waals surface area contributed by atoms with E-state index in [4.69, 9.17) is 15.2 Å². The zero-order valence-electron chi connectivity index (χ0n) is 10.7. The van der Waals surface area contributed by atoms with E-state index in [1.165, 1.54) is 0 Å². The molecule has 0 unspecified atom stereocenters. The van der Waals surface area contributed by atoms with Crippen LogP contribution in [0.5, 0.6) is 0 Å². The molecular weight excluding hydrogens is 296 g/mol. The van der Waals surface area contributed by atoms with E-state index in [0.29, 0.717) is 25.6 Å². The number of aliphatic imine (C=N–C) groups is 1. The molecule has 0 radical (unpaired) electrons. The van der Waals surface area contributed by atoms with Gasteiger partial charge in [0, 0.05) is 17.7 Å². The van der Waals surface area contributed by atoms with Gasteiger partial charge < -0.3 is 15.2 Å². The van der Waals surface area contributed by atoms with Gasteiger partial charge in [0.05, 0.1) is 6.54 Å². The van der Waals surface area contributed by atoms with Crippen LogP contribution in [0.4, 0.5) is 0 Å². The lowest BCUT2D eigenvalue weighted by molar-refractivity contribution is -0.0907. The molecule has 0 saturated heterocycles. The van der Waals surface area contributed by atoms with Crippen molar-refractivity contribution in [3.63, 3.8) is 0 Å². The van der Waals surface area contributed by atoms with Crippen molar-refractivity contribution in [2.75, 3.05) is 13.2 Å². The van der Waals surface area contributed by atoms with Gasteiger partial charge in [-0.05, 0) is 25.5 Å². The second-order valence-electron chi connectivity index (χ2n) is 3.58. The zero-order valence-corrected chi connectivity index (χ0v) is 12.3. The molecule has 1 aromatic rings. The number of nitrogens with two attached hydrogens (primary N) is 1. The standard InChI is InChI=1S/C13H19BrN2O2/c1-3-17-13(18-4-2)12(15)16-9-10-7-5-6-8-11(10)14/h5-8,13H,3-4,9H2,1-2H3,(H2,15,16). The van der Waals surface area contributed by atoms with E-state index in [0.717, 1.165) is 10.0 Å². The lowest BCUT2D eigenvalue weighted by atomic mass is 10.2. The van der Waals surface area contributed by atoms with Crippen molar-refractivity contribution in [1.82, 2.24) is 0 Å². The van der Waals surface area contributed by atoms with E-state index in [-0.39, 0.29) is 0 Å². The molecule has 0 aliphatic rings. The maximum absolute atomic E-state index is 5.87. The molecule has 0 bridgehead atoms. The van der Waals surface area contributed by atoms with E-state index < -0.39 is 6.29 Å². The van der Waals surface area contributed by atoms with E-state index in [9.17, 15) is 0 Å². The van der Waals surface area contributed by atoms with Gasteiger partial charge in [-0.3, -0.25) is 4.99 Å². The number of rotatable bonds is 7. The summed E-state index contributed by atoms with van der Waals surface area (Å²) in [6.07, 6.45) is -0.553. The maximum Gasteiger partial charge on any atom is 0.216 e. The molecule has 0 aromatic heterocycles. The van der Waals surface area contributed by atoms with Gasteiger partial charge in [0.15, 0.2) is 5.84 Å². The molecule has 0 fully saturated rings. The van der Waals surface area contributed by atoms with Crippen molar-refractivity contribution in [3.05, 3.63) is 34.3 Å². The third-order valence-corrected chi connectivity index (χ3v) is 3.04. The van der Waals surface area contributed by atoms with Gasteiger partial charge in [-0.25, -0.2) is 0 Å². The number of nitrogens with zero attached hydrogens (tertiary/aromatic N) is 1. The molecule has 0 amide bonds. The maximum atomic E-state index is 5.87. The number of hydrogen-bond donors (Lipinski definition) is 1. The minimum absolute atomic E-state index is 0.370. The van der Waals surface area contributed by atoms with Crippen LogP contribution in [-0.2, 0) is 16.0 Å². The van der Waals surface area contributed by atoms with E-state index >= 15 is 0 Å². The normalized spacial score (nSPS) is 12.1. The van der Waals surface area contributed by atoms with E-state index in [1.807, 2.05) is 38.1 Å². The average molecular weight is 315 g/mol. The molecule has 0 spiro atoms. The second kappa shape index (κ2) is 8.24. The van der Waals surface area contributed by atoms with Crippen LogP contribution in [0.2, 0.25) is 0 Å². The minimum Gasteiger partial charge on any atom is -0.383 e. The van der Waals surface area contributed by atoms with Crippen LogP contribution < -0.4 is 5.73 Å². The molecule has 0 aliphatic heterocycles. The molecule has 1 rings (SSSR count). The number of hydrogen-bond acceptors (Lipinski definition) is 3. The molecular formula is C13H19BrN2O2.